The van der Waals surface area contributed by atoms with Crippen molar-refractivity contribution in [3.05, 3.63) is 54.1 Å². The van der Waals surface area contributed by atoms with Crippen LogP contribution in [0.5, 0.6) is 5.75 Å². The van der Waals surface area contributed by atoms with E-state index in [1.165, 1.54) is 14.0 Å². The maximum absolute atomic E-state index is 12.8. The molecule has 2 aromatic rings. The van der Waals surface area contributed by atoms with Crippen LogP contribution in [0.4, 0.5) is 16.2 Å². The molecule has 1 fully saturated rings. The fraction of sp³-hybridized carbons (Fsp3) is 0.364. The Labute approximate surface area is 170 Å². The van der Waals surface area contributed by atoms with E-state index in [4.69, 9.17) is 4.74 Å². The minimum Gasteiger partial charge on any atom is -0.494 e. The van der Waals surface area contributed by atoms with E-state index in [9.17, 15) is 14.7 Å². The number of rotatable bonds is 6. The van der Waals surface area contributed by atoms with Gasteiger partial charge < -0.3 is 25.4 Å². The van der Waals surface area contributed by atoms with Crippen molar-refractivity contribution >= 4 is 23.3 Å². The van der Waals surface area contributed by atoms with Crippen molar-refractivity contribution in [1.29, 1.82) is 0 Å². The van der Waals surface area contributed by atoms with Crippen molar-refractivity contribution in [2.45, 2.75) is 38.3 Å². The Kier molecular flexibility index (Phi) is 6.72. The van der Waals surface area contributed by atoms with Crippen LogP contribution in [-0.2, 0) is 4.79 Å². The first-order chi connectivity index (χ1) is 14.0. The number of nitrogens with one attached hydrogen (secondary N) is 2. The van der Waals surface area contributed by atoms with Gasteiger partial charge in [-0.2, -0.15) is 0 Å². The molecular weight excluding hydrogens is 370 g/mol. The summed E-state index contributed by atoms with van der Waals surface area (Å²) in [6, 6.07) is 14.4. The fourth-order valence-electron chi connectivity index (χ4n) is 3.67. The van der Waals surface area contributed by atoms with Crippen LogP contribution in [0.15, 0.2) is 48.5 Å². The summed E-state index contributed by atoms with van der Waals surface area (Å²) in [6.07, 6.45) is 1.67. The molecule has 2 aromatic carbocycles. The van der Waals surface area contributed by atoms with E-state index in [-0.39, 0.29) is 18.0 Å². The van der Waals surface area contributed by atoms with Gasteiger partial charge in [0.25, 0.3) is 0 Å². The number of anilines is 2. The van der Waals surface area contributed by atoms with Gasteiger partial charge in [0.1, 0.15) is 5.75 Å². The average molecular weight is 397 g/mol. The van der Waals surface area contributed by atoms with Gasteiger partial charge in [-0.1, -0.05) is 30.3 Å². The molecule has 1 aliphatic rings. The molecule has 0 aromatic heterocycles. The molecule has 1 heterocycles. The molecule has 2 atom stereocenters. The normalized spacial score (nSPS) is 16.9. The molecule has 3 rings (SSSR count). The predicted molar refractivity (Wildman–Crippen MR) is 112 cm³/mol. The molecule has 7 nitrogen and oxygen atoms in total. The van der Waals surface area contributed by atoms with Crippen LogP contribution in [0.3, 0.4) is 0 Å². The number of aliphatic hydroxyl groups is 1. The minimum absolute atomic E-state index is 0.0224. The SMILES string of the molecule is COc1cc(NC(=O)N2CCC[C@@H]2C[C@@H](O)c2ccccc2)ccc1NC(C)=O. The molecule has 1 saturated heterocycles. The first kappa shape index (κ1) is 20.7. The van der Waals surface area contributed by atoms with Crippen LogP contribution in [-0.4, -0.2) is 41.6 Å². The number of nitrogens with zero attached hydrogens (tertiary/aromatic N) is 1. The zero-order valence-electron chi connectivity index (χ0n) is 16.7. The van der Waals surface area contributed by atoms with Crippen molar-refractivity contribution in [1.82, 2.24) is 4.90 Å². The quantitative estimate of drug-likeness (QED) is 0.692. The van der Waals surface area contributed by atoms with Crippen LogP contribution < -0.4 is 15.4 Å². The number of urea groups is 1. The van der Waals surface area contributed by atoms with Crippen LogP contribution in [0.2, 0.25) is 0 Å². The molecule has 0 spiro atoms. The third-order valence-corrected chi connectivity index (χ3v) is 5.08. The topological polar surface area (TPSA) is 90.9 Å². The van der Waals surface area contributed by atoms with Crippen LogP contribution in [0, 0.1) is 0 Å². The lowest BCUT2D eigenvalue weighted by Gasteiger charge is -2.27. The summed E-state index contributed by atoms with van der Waals surface area (Å²) in [5.41, 5.74) is 1.98. The lowest BCUT2D eigenvalue weighted by molar-refractivity contribution is -0.114. The van der Waals surface area contributed by atoms with Gasteiger partial charge in [-0.25, -0.2) is 4.79 Å². The highest BCUT2D eigenvalue weighted by molar-refractivity contribution is 5.93. The summed E-state index contributed by atoms with van der Waals surface area (Å²) in [4.78, 5) is 25.9. The van der Waals surface area contributed by atoms with Gasteiger partial charge in [-0.05, 0) is 37.0 Å². The third-order valence-electron chi connectivity index (χ3n) is 5.08. The maximum Gasteiger partial charge on any atom is 0.322 e. The minimum atomic E-state index is -0.605. The lowest BCUT2D eigenvalue weighted by atomic mass is 10.0. The highest BCUT2D eigenvalue weighted by Crippen LogP contribution is 2.30. The Morgan fingerprint density at radius 1 is 1.21 bits per heavy atom. The van der Waals surface area contributed by atoms with Gasteiger partial charge in [0.05, 0.1) is 18.9 Å². The highest BCUT2D eigenvalue weighted by atomic mass is 16.5. The van der Waals surface area contributed by atoms with E-state index < -0.39 is 6.10 Å². The Balaban J connectivity index is 1.65. The first-order valence-corrected chi connectivity index (χ1v) is 9.74. The van der Waals surface area contributed by atoms with Crippen molar-refractivity contribution in [2.75, 3.05) is 24.3 Å². The molecule has 154 valence electrons. The highest BCUT2D eigenvalue weighted by Gasteiger charge is 2.30. The zero-order valence-corrected chi connectivity index (χ0v) is 16.7. The van der Waals surface area contributed by atoms with Crippen LogP contribution in [0.25, 0.3) is 0 Å². The number of ether oxygens (including phenoxy) is 1. The predicted octanol–water partition coefficient (Wildman–Crippen LogP) is 3.77. The second-order valence-corrected chi connectivity index (χ2v) is 7.18. The average Bonchev–Trinajstić information content (AvgIpc) is 3.17. The van der Waals surface area contributed by atoms with E-state index in [0.717, 1.165) is 18.4 Å². The maximum atomic E-state index is 12.8. The number of likely N-dealkylation sites (tertiary alicyclic amines) is 1. The van der Waals surface area contributed by atoms with Gasteiger partial charge >= 0.3 is 6.03 Å². The van der Waals surface area contributed by atoms with Gasteiger partial charge in [0.2, 0.25) is 5.91 Å². The molecule has 0 saturated carbocycles. The van der Waals surface area contributed by atoms with Gasteiger partial charge in [-0.15, -0.1) is 0 Å². The van der Waals surface area contributed by atoms with Crippen molar-refractivity contribution in [3.63, 3.8) is 0 Å². The number of hydrogen-bond donors (Lipinski definition) is 3. The Morgan fingerprint density at radius 2 is 1.97 bits per heavy atom. The molecule has 0 bridgehead atoms. The van der Waals surface area contributed by atoms with Crippen molar-refractivity contribution in [2.24, 2.45) is 0 Å². The molecule has 7 heteroatoms. The zero-order chi connectivity index (χ0) is 20.8. The van der Waals surface area contributed by atoms with E-state index in [2.05, 4.69) is 10.6 Å². The van der Waals surface area contributed by atoms with Crippen molar-refractivity contribution < 1.29 is 19.4 Å². The lowest BCUT2D eigenvalue weighted by Crippen LogP contribution is -2.39. The number of carbonyl (C=O) groups is 2. The summed E-state index contributed by atoms with van der Waals surface area (Å²) in [6.45, 7) is 2.08. The number of aliphatic hydroxyl groups excluding tert-OH is 1. The summed E-state index contributed by atoms with van der Waals surface area (Å²) < 4.78 is 5.30. The van der Waals surface area contributed by atoms with Gasteiger partial charge in [0, 0.05) is 31.3 Å². The van der Waals surface area contributed by atoms with Crippen LogP contribution in [0.1, 0.15) is 37.9 Å². The van der Waals surface area contributed by atoms with E-state index in [0.29, 0.717) is 30.1 Å². The summed E-state index contributed by atoms with van der Waals surface area (Å²) in [5, 5.41) is 16.1. The van der Waals surface area contributed by atoms with E-state index >= 15 is 0 Å². The Morgan fingerprint density at radius 3 is 2.66 bits per heavy atom. The largest absolute Gasteiger partial charge is 0.494 e. The van der Waals surface area contributed by atoms with Gasteiger partial charge in [0.15, 0.2) is 0 Å². The molecule has 3 amide bonds. The fourth-order valence-corrected chi connectivity index (χ4v) is 3.67. The molecule has 0 aliphatic carbocycles. The van der Waals surface area contributed by atoms with Crippen molar-refractivity contribution in [3.8, 4) is 5.75 Å². The number of amides is 3. The summed E-state index contributed by atoms with van der Waals surface area (Å²) in [7, 11) is 1.51. The summed E-state index contributed by atoms with van der Waals surface area (Å²) >= 11 is 0. The number of methoxy groups -OCH3 is 1. The molecule has 29 heavy (non-hydrogen) atoms. The Bertz CT molecular complexity index is 856. The van der Waals surface area contributed by atoms with Gasteiger partial charge in [-0.3, -0.25) is 4.79 Å². The molecular formula is C22H27N3O4. The molecule has 1 aliphatic heterocycles. The second kappa shape index (κ2) is 9.43. The van der Waals surface area contributed by atoms with Crippen LogP contribution >= 0.6 is 0 Å². The standard InChI is InChI=1S/C22H27N3O4/c1-15(26)23-19-11-10-17(13-21(19)29-2)24-22(28)25-12-6-9-18(25)14-20(27)16-7-4-3-5-8-16/h3-5,7-8,10-11,13,18,20,27H,6,9,12,14H2,1-2H3,(H,23,26)(H,24,28)/t18-,20-/m1/s1. The number of benzene rings is 2. The number of hydrogen-bond acceptors (Lipinski definition) is 4. The molecule has 0 unspecified atom stereocenters. The van der Waals surface area contributed by atoms with E-state index in [1.54, 1.807) is 23.1 Å². The molecule has 3 N–H and O–H groups in total. The summed E-state index contributed by atoms with van der Waals surface area (Å²) in [5.74, 6) is 0.271. The van der Waals surface area contributed by atoms with E-state index in [1.807, 2.05) is 30.3 Å². The second-order valence-electron chi connectivity index (χ2n) is 7.18. The monoisotopic (exact) mass is 397 g/mol. The molecule has 0 radical (unpaired) electrons. The third kappa shape index (κ3) is 5.26. The smallest absolute Gasteiger partial charge is 0.322 e. The number of carbonyl (C=O) groups excluding carboxylic acids is 2. The first-order valence-electron chi connectivity index (χ1n) is 9.74. The Hall–Kier alpha value is -3.06.